The first-order valence-electron chi connectivity index (χ1n) is 5.10. The lowest BCUT2D eigenvalue weighted by Crippen LogP contribution is -2.16. The van der Waals surface area contributed by atoms with Crippen LogP contribution >= 0.6 is 22.7 Å². The van der Waals surface area contributed by atoms with Gasteiger partial charge in [-0.25, -0.2) is 4.98 Å². The smallest absolute Gasteiger partial charge is 0.185 e. The van der Waals surface area contributed by atoms with Crippen molar-refractivity contribution in [2.45, 2.75) is 19.5 Å². The van der Waals surface area contributed by atoms with Crippen LogP contribution in [-0.2, 0) is 6.54 Å². The van der Waals surface area contributed by atoms with Gasteiger partial charge in [-0.15, -0.1) is 11.3 Å². The molecule has 0 bridgehead atoms. The van der Waals surface area contributed by atoms with Gasteiger partial charge in [0.05, 0.1) is 5.69 Å². The Morgan fingerprint density at radius 1 is 1.50 bits per heavy atom. The van der Waals surface area contributed by atoms with E-state index >= 15 is 0 Å². The van der Waals surface area contributed by atoms with E-state index in [2.05, 4.69) is 33.8 Å². The summed E-state index contributed by atoms with van der Waals surface area (Å²) in [7, 11) is 2.06. The molecule has 0 aliphatic carbocycles. The molecule has 3 nitrogen and oxygen atoms in total. The third-order valence-corrected chi connectivity index (χ3v) is 4.01. The lowest BCUT2D eigenvalue weighted by molar-refractivity contribution is 0.783. The van der Waals surface area contributed by atoms with Crippen LogP contribution in [0, 0.1) is 0 Å². The van der Waals surface area contributed by atoms with Gasteiger partial charge < -0.3 is 10.6 Å². The SMILES string of the molecule is CC(N)c1csc(N(C)Cc2ccsc2)n1. The van der Waals surface area contributed by atoms with Crippen LogP contribution < -0.4 is 10.6 Å². The highest BCUT2D eigenvalue weighted by molar-refractivity contribution is 7.13. The van der Waals surface area contributed by atoms with E-state index in [-0.39, 0.29) is 6.04 Å². The summed E-state index contributed by atoms with van der Waals surface area (Å²) < 4.78 is 0. The Bertz CT molecular complexity index is 434. The van der Waals surface area contributed by atoms with Crippen molar-refractivity contribution in [2.24, 2.45) is 5.73 Å². The third-order valence-electron chi connectivity index (χ3n) is 2.30. The summed E-state index contributed by atoms with van der Waals surface area (Å²) in [5, 5.41) is 7.32. The van der Waals surface area contributed by atoms with E-state index in [1.165, 1.54) is 5.56 Å². The summed E-state index contributed by atoms with van der Waals surface area (Å²) in [6.45, 7) is 2.85. The van der Waals surface area contributed by atoms with Crippen LogP contribution in [0.3, 0.4) is 0 Å². The van der Waals surface area contributed by atoms with Crippen LogP contribution in [-0.4, -0.2) is 12.0 Å². The van der Waals surface area contributed by atoms with Gasteiger partial charge in [0.2, 0.25) is 0 Å². The minimum Gasteiger partial charge on any atom is -0.347 e. The Morgan fingerprint density at radius 2 is 2.31 bits per heavy atom. The van der Waals surface area contributed by atoms with Crippen molar-refractivity contribution < 1.29 is 0 Å². The Labute approximate surface area is 104 Å². The van der Waals surface area contributed by atoms with E-state index in [1.807, 2.05) is 12.3 Å². The van der Waals surface area contributed by atoms with Gasteiger partial charge >= 0.3 is 0 Å². The molecule has 1 unspecified atom stereocenters. The number of nitrogens with two attached hydrogens (primary N) is 1. The fraction of sp³-hybridized carbons (Fsp3) is 0.364. The molecule has 0 aliphatic rings. The molecule has 5 heteroatoms. The van der Waals surface area contributed by atoms with Gasteiger partial charge in [0.1, 0.15) is 0 Å². The van der Waals surface area contributed by atoms with Crippen LogP contribution in [0.2, 0.25) is 0 Å². The lowest BCUT2D eigenvalue weighted by Gasteiger charge is -2.14. The molecule has 2 N–H and O–H groups in total. The van der Waals surface area contributed by atoms with Crippen LogP contribution in [0.25, 0.3) is 0 Å². The van der Waals surface area contributed by atoms with Gasteiger partial charge in [-0.05, 0) is 29.3 Å². The minimum absolute atomic E-state index is 0.0135. The first kappa shape index (κ1) is 11.6. The van der Waals surface area contributed by atoms with E-state index in [0.29, 0.717) is 0 Å². The summed E-state index contributed by atoms with van der Waals surface area (Å²) in [5.74, 6) is 0. The maximum absolute atomic E-state index is 5.79. The Morgan fingerprint density at radius 3 is 2.88 bits per heavy atom. The Balaban J connectivity index is 2.06. The fourth-order valence-corrected chi connectivity index (χ4v) is 2.94. The summed E-state index contributed by atoms with van der Waals surface area (Å²) >= 11 is 3.37. The van der Waals surface area contributed by atoms with E-state index in [4.69, 9.17) is 5.73 Å². The number of nitrogens with zero attached hydrogens (tertiary/aromatic N) is 2. The highest BCUT2D eigenvalue weighted by Crippen LogP contribution is 2.23. The third kappa shape index (κ3) is 2.61. The van der Waals surface area contributed by atoms with Crippen LogP contribution in [0.5, 0.6) is 0 Å². The Kier molecular flexibility index (Phi) is 3.58. The minimum atomic E-state index is 0.0135. The summed E-state index contributed by atoms with van der Waals surface area (Å²) in [4.78, 5) is 6.66. The van der Waals surface area contributed by atoms with Gasteiger partial charge in [-0.3, -0.25) is 0 Å². The van der Waals surface area contributed by atoms with Gasteiger partial charge in [0, 0.05) is 25.0 Å². The zero-order valence-corrected chi connectivity index (χ0v) is 11.0. The van der Waals surface area contributed by atoms with E-state index in [9.17, 15) is 0 Å². The number of thiophene rings is 1. The first-order chi connectivity index (χ1) is 7.66. The van der Waals surface area contributed by atoms with Crippen molar-refractivity contribution in [3.63, 3.8) is 0 Å². The first-order valence-corrected chi connectivity index (χ1v) is 6.92. The number of thiazole rings is 1. The molecular weight excluding hydrogens is 238 g/mol. The zero-order chi connectivity index (χ0) is 11.5. The topological polar surface area (TPSA) is 42.1 Å². The molecule has 2 rings (SSSR count). The molecule has 0 saturated heterocycles. The van der Waals surface area contributed by atoms with Crippen molar-refractivity contribution >= 4 is 27.8 Å². The van der Waals surface area contributed by atoms with Gasteiger partial charge in [-0.1, -0.05) is 0 Å². The molecule has 2 aromatic rings. The molecule has 0 aliphatic heterocycles. The monoisotopic (exact) mass is 253 g/mol. The zero-order valence-electron chi connectivity index (χ0n) is 9.38. The van der Waals surface area contributed by atoms with Crippen LogP contribution in [0.15, 0.2) is 22.2 Å². The second-order valence-electron chi connectivity index (χ2n) is 3.83. The van der Waals surface area contributed by atoms with Crippen LogP contribution in [0.1, 0.15) is 24.2 Å². The summed E-state index contributed by atoms with van der Waals surface area (Å²) in [5.41, 5.74) is 8.08. The lowest BCUT2D eigenvalue weighted by atomic mass is 10.3. The predicted molar refractivity (Wildman–Crippen MR) is 71.1 cm³/mol. The number of hydrogen-bond donors (Lipinski definition) is 1. The van der Waals surface area contributed by atoms with Crippen LogP contribution in [0.4, 0.5) is 5.13 Å². The van der Waals surface area contributed by atoms with E-state index < -0.39 is 0 Å². The van der Waals surface area contributed by atoms with Gasteiger partial charge in [-0.2, -0.15) is 11.3 Å². The molecular formula is C11H15N3S2. The molecule has 2 heterocycles. The average molecular weight is 253 g/mol. The van der Waals surface area contributed by atoms with Crippen molar-refractivity contribution in [3.8, 4) is 0 Å². The maximum Gasteiger partial charge on any atom is 0.185 e. The molecule has 86 valence electrons. The largest absolute Gasteiger partial charge is 0.347 e. The van der Waals surface area contributed by atoms with Gasteiger partial charge in [0.15, 0.2) is 5.13 Å². The second kappa shape index (κ2) is 4.95. The van der Waals surface area contributed by atoms with Crippen molar-refractivity contribution in [1.82, 2.24) is 4.98 Å². The fourth-order valence-electron chi connectivity index (χ4n) is 1.38. The molecule has 0 fully saturated rings. The average Bonchev–Trinajstić information content (AvgIpc) is 2.86. The van der Waals surface area contributed by atoms with E-state index in [1.54, 1.807) is 22.7 Å². The Hall–Kier alpha value is -0.910. The van der Waals surface area contributed by atoms with Crippen molar-refractivity contribution in [2.75, 3.05) is 11.9 Å². The molecule has 0 aromatic carbocycles. The molecule has 16 heavy (non-hydrogen) atoms. The van der Waals surface area contributed by atoms with Crippen molar-refractivity contribution in [1.29, 1.82) is 0 Å². The predicted octanol–water partition coefficient (Wildman–Crippen LogP) is 2.86. The van der Waals surface area contributed by atoms with Gasteiger partial charge in [0.25, 0.3) is 0 Å². The quantitative estimate of drug-likeness (QED) is 0.911. The number of aromatic nitrogens is 1. The molecule has 0 saturated carbocycles. The van der Waals surface area contributed by atoms with E-state index in [0.717, 1.165) is 17.4 Å². The molecule has 0 amide bonds. The summed E-state index contributed by atoms with van der Waals surface area (Å²) in [6.07, 6.45) is 0. The summed E-state index contributed by atoms with van der Waals surface area (Å²) in [6, 6.07) is 2.15. The normalized spacial score (nSPS) is 12.7. The van der Waals surface area contributed by atoms with Crippen molar-refractivity contribution in [3.05, 3.63) is 33.5 Å². The second-order valence-corrected chi connectivity index (χ2v) is 5.45. The maximum atomic E-state index is 5.79. The number of hydrogen-bond acceptors (Lipinski definition) is 5. The number of rotatable bonds is 4. The molecule has 0 spiro atoms. The molecule has 1 atom stereocenters. The molecule has 0 radical (unpaired) electrons. The highest BCUT2D eigenvalue weighted by atomic mass is 32.1. The number of anilines is 1. The standard InChI is InChI=1S/C11H15N3S2/c1-8(12)10-7-16-11(13-10)14(2)5-9-3-4-15-6-9/h3-4,6-8H,5,12H2,1-2H3. The molecule has 2 aromatic heterocycles. The highest BCUT2D eigenvalue weighted by Gasteiger charge is 2.09.